The molecule has 0 bridgehead atoms. The minimum absolute atomic E-state index is 0.0991. The van der Waals surface area contributed by atoms with Crippen molar-refractivity contribution in [2.75, 3.05) is 0 Å². The second kappa shape index (κ2) is 4.21. The van der Waals surface area contributed by atoms with Gasteiger partial charge in [-0.15, -0.1) is 0 Å². The monoisotopic (exact) mass is 180 g/mol. The van der Waals surface area contributed by atoms with E-state index in [0.29, 0.717) is 6.42 Å². The lowest BCUT2D eigenvalue weighted by Crippen LogP contribution is -2.14. The maximum atomic E-state index is 11.4. The minimum Gasteiger partial charge on any atom is -0.335 e. The van der Waals surface area contributed by atoms with Gasteiger partial charge >= 0.3 is 0 Å². The van der Waals surface area contributed by atoms with Crippen LogP contribution in [0.3, 0.4) is 0 Å². The Morgan fingerprint density at radius 2 is 2.31 bits per heavy atom. The third kappa shape index (κ3) is 2.41. The summed E-state index contributed by atoms with van der Waals surface area (Å²) in [6, 6.07) is 0. The Kier molecular flexibility index (Phi) is 3.23. The first kappa shape index (κ1) is 9.96. The highest BCUT2D eigenvalue weighted by Gasteiger charge is 2.11. The quantitative estimate of drug-likeness (QED) is 0.706. The molecule has 13 heavy (non-hydrogen) atoms. The summed E-state index contributed by atoms with van der Waals surface area (Å²) in [5, 5.41) is 0. The third-order valence-electron chi connectivity index (χ3n) is 2.12. The zero-order chi connectivity index (χ0) is 9.84. The van der Waals surface area contributed by atoms with Gasteiger partial charge in [-0.3, -0.25) is 4.79 Å². The van der Waals surface area contributed by atoms with Gasteiger partial charge in [-0.2, -0.15) is 0 Å². The average Bonchev–Trinajstić information content (AvgIpc) is 2.51. The van der Waals surface area contributed by atoms with Gasteiger partial charge in [0, 0.05) is 24.9 Å². The maximum absolute atomic E-state index is 11.4. The Hall–Kier alpha value is -1.12. The van der Waals surface area contributed by atoms with Crippen molar-refractivity contribution < 1.29 is 4.79 Å². The fourth-order valence-electron chi connectivity index (χ4n) is 1.16. The highest BCUT2D eigenvalue weighted by Crippen LogP contribution is 2.04. The number of nitrogens with zero attached hydrogens (tertiary/aromatic N) is 2. The molecule has 3 heteroatoms. The van der Waals surface area contributed by atoms with Gasteiger partial charge in [-0.05, 0) is 6.92 Å². The smallest absolute Gasteiger partial charge is 0.142 e. The molecule has 0 fully saturated rings. The van der Waals surface area contributed by atoms with Crippen LogP contribution < -0.4 is 0 Å². The molecule has 0 aliphatic carbocycles. The SMILES string of the molecule is CCn1ccnc1CC(=O)C(C)C. The number of imidazole rings is 1. The van der Waals surface area contributed by atoms with Crippen LogP contribution in [0.4, 0.5) is 0 Å². The number of rotatable bonds is 4. The van der Waals surface area contributed by atoms with Gasteiger partial charge in [0.2, 0.25) is 0 Å². The minimum atomic E-state index is 0.0991. The topological polar surface area (TPSA) is 34.9 Å². The van der Waals surface area contributed by atoms with Crippen molar-refractivity contribution >= 4 is 5.78 Å². The first-order valence-electron chi connectivity index (χ1n) is 4.67. The van der Waals surface area contributed by atoms with Crippen molar-refractivity contribution in [3.63, 3.8) is 0 Å². The van der Waals surface area contributed by atoms with Crippen LogP contribution >= 0.6 is 0 Å². The second-order valence-corrected chi connectivity index (χ2v) is 3.43. The molecule has 1 aromatic rings. The highest BCUT2D eigenvalue weighted by molar-refractivity contribution is 5.81. The number of ketones is 1. The largest absolute Gasteiger partial charge is 0.335 e. The zero-order valence-electron chi connectivity index (χ0n) is 8.45. The Labute approximate surface area is 78.8 Å². The van der Waals surface area contributed by atoms with Gasteiger partial charge in [0.1, 0.15) is 11.6 Å². The van der Waals surface area contributed by atoms with E-state index in [0.717, 1.165) is 12.4 Å². The van der Waals surface area contributed by atoms with Crippen LogP contribution in [0, 0.1) is 5.92 Å². The predicted octanol–water partition coefficient (Wildman–Crippen LogP) is 1.67. The van der Waals surface area contributed by atoms with Gasteiger partial charge < -0.3 is 4.57 Å². The molecule has 0 aromatic carbocycles. The number of hydrogen-bond acceptors (Lipinski definition) is 2. The number of carbonyl (C=O) groups excluding carboxylic acids is 1. The molecule has 1 heterocycles. The zero-order valence-corrected chi connectivity index (χ0v) is 8.45. The molecule has 0 unspecified atom stereocenters. The Bertz CT molecular complexity index is 289. The molecule has 3 nitrogen and oxygen atoms in total. The van der Waals surface area contributed by atoms with Crippen molar-refractivity contribution in [3.8, 4) is 0 Å². The summed E-state index contributed by atoms with van der Waals surface area (Å²) in [6.45, 7) is 6.76. The second-order valence-electron chi connectivity index (χ2n) is 3.43. The molecule has 1 rings (SSSR count). The number of aromatic nitrogens is 2. The van der Waals surface area contributed by atoms with Gasteiger partial charge in [0.15, 0.2) is 0 Å². The van der Waals surface area contributed by atoms with Crippen LogP contribution in [-0.2, 0) is 17.8 Å². The number of Topliss-reactive ketones (excluding diaryl/α,β-unsaturated/α-hetero) is 1. The molecule has 0 saturated carbocycles. The molecule has 0 atom stereocenters. The van der Waals surface area contributed by atoms with Crippen molar-refractivity contribution in [2.24, 2.45) is 5.92 Å². The predicted molar refractivity (Wildman–Crippen MR) is 51.5 cm³/mol. The lowest BCUT2D eigenvalue weighted by atomic mass is 10.1. The van der Waals surface area contributed by atoms with E-state index in [2.05, 4.69) is 4.98 Å². The van der Waals surface area contributed by atoms with Crippen molar-refractivity contribution in [1.82, 2.24) is 9.55 Å². The van der Waals surface area contributed by atoms with Crippen LogP contribution in [0.25, 0.3) is 0 Å². The van der Waals surface area contributed by atoms with Crippen LogP contribution in [0.2, 0.25) is 0 Å². The molecule has 0 aliphatic heterocycles. The lowest BCUT2D eigenvalue weighted by Gasteiger charge is -2.05. The number of hydrogen-bond donors (Lipinski definition) is 0. The summed E-state index contributed by atoms with van der Waals surface area (Å²) < 4.78 is 2.00. The van der Waals surface area contributed by atoms with E-state index in [9.17, 15) is 4.79 Å². The summed E-state index contributed by atoms with van der Waals surface area (Å²) in [4.78, 5) is 15.6. The molecule has 0 spiro atoms. The van der Waals surface area contributed by atoms with Crippen molar-refractivity contribution in [2.45, 2.75) is 33.7 Å². The summed E-state index contributed by atoms with van der Waals surface area (Å²) in [6.07, 6.45) is 4.11. The normalized spacial score (nSPS) is 10.8. The fourth-order valence-corrected chi connectivity index (χ4v) is 1.16. The first-order chi connectivity index (χ1) is 6.15. The van der Waals surface area contributed by atoms with Crippen LogP contribution in [0.1, 0.15) is 26.6 Å². The van der Waals surface area contributed by atoms with E-state index in [1.54, 1.807) is 6.20 Å². The fraction of sp³-hybridized carbons (Fsp3) is 0.600. The van der Waals surface area contributed by atoms with E-state index in [4.69, 9.17) is 0 Å². The van der Waals surface area contributed by atoms with E-state index in [-0.39, 0.29) is 11.7 Å². The van der Waals surface area contributed by atoms with Crippen molar-refractivity contribution in [1.29, 1.82) is 0 Å². The van der Waals surface area contributed by atoms with Gasteiger partial charge in [-0.25, -0.2) is 4.98 Å². The maximum Gasteiger partial charge on any atom is 0.142 e. The van der Waals surface area contributed by atoms with Gasteiger partial charge in [-0.1, -0.05) is 13.8 Å². The average molecular weight is 180 g/mol. The molecule has 1 aromatic heterocycles. The van der Waals surface area contributed by atoms with Crippen molar-refractivity contribution in [3.05, 3.63) is 18.2 Å². The van der Waals surface area contributed by atoms with Crippen LogP contribution in [0.5, 0.6) is 0 Å². The Balaban J connectivity index is 2.68. The van der Waals surface area contributed by atoms with Crippen LogP contribution in [-0.4, -0.2) is 15.3 Å². The highest BCUT2D eigenvalue weighted by atomic mass is 16.1. The third-order valence-corrected chi connectivity index (χ3v) is 2.12. The summed E-state index contributed by atoms with van der Waals surface area (Å²) >= 11 is 0. The molecule has 0 amide bonds. The molecule has 0 saturated heterocycles. The van der Waals surface area contributed by atoms with Gasteiger partial charge in [0.25, 0.3) is 0 Å². The van der Waals surface area contributed by atoms with E-state index < -0.39 is 0 Å². The lowest BCUT2D eigenvalue weighted by molar-refractivity contribution is -0.121. The molecule has 0 N–H and O–H groups in total. The standard InChI is InChI=1S/C10H16N2O/c1-4-12-6-5-11-10(12)7-9(13)8(2)3/h5-6,8H,4,7H2,1-3H3. The molecule has 72 valence electrons. The van der Waals surface area contributed by atoms with Crippen LogP contribution in [0.15, 0.2) is 12.4 Å². The molecule has 0 radical (unpaired) electrons. The summed E-state index contributed by atoms with van der Waals surface area (Å²) in [5.41, 5.74) is 0. The Morgan fingerprint density at radius 1 is 1.62 bits per heavy atom. The molecular formula is C10H16N2O. The van der Waals surface area contributed by atoms with E-state index >= 15 is 0 Å². The number of aryl methyl sites for hydroxylation is 1. The van der Waals surface area contributed by atoms with Gasteiger partial charge in [0.05, 0.1) is 6.42 Å². The number of carbonyl (C=O) groups is 1. The summed E-state index contributed by atoms with van der Waals surface area (Å²) in [5.74, 6) is 1.23. The van der Waals surface area contributed by atoms with E-state index in [1.807, 2.05) is 31.5 Å². The Morgan fingerprint density at radius 3 is 2.85 bits per heavy atom. The van der Waals surface area contributed by atoms with E-state index in [1.165, 1.54) is 0 Å². The molecule has 0 aliphatic rings. The first-order valence-corrected chi connectivity index (χ1v) is 4.67. The molecular weight excluding hydrogens is 164 g/mol. The summed E-state index contributed by atoms with van der Waals surface area (Å²) in [7, 11) is 0.